The van der Waals surface area contributed by atoms with Crippen LogP contribution in [0.15, 0.2) is 0 Å². The van der Waals surface area contributed by atoms with Gasteiger partial charge < -0.3 is 20.8 Å². The monoisotopic (exact) mass is 198 g/mol. The molecule has 78 valence electrons. The van der Waals surface area contributed by atoms with E-state index in [9.17, 15) is 0 Å². The smallest absolute Gasteiger partial charge is 0.341 e. The van der Waals surface area contributed by atoms with Crippen LogP contribution in [0.1, 0.15) is 41.5 Å². The molecule has 0 atom stereocenters. The van der Waals surface area contributed by atoms with Crippen molar-refractivity contribution in [2.45, 2.75) is 41.5 Å². The fourth-order valence-electron chi connectivity index (χ4n) is 0. The van der Waals surface area contributed by atoms with E-state index < -0.39 is 0 Å². The standard InChI is InChI=1S/3C4H9.Al/c3*1-4(2)3;/h3*4H,1H2,2-3H3;/q3*-1;+3. The molecular weight excluding hydrogens is 171 g/mol. The van der Waals surface area contributed by atoms with Crippen LogP contribution in [0.5, 0.6) is 0 Å². The minimum absolute atomic E-state index is 0. The van der Waals surface area contributed by atoms with Crippen LogP contribution in [0.3, 0.4) is 0 Å². The van der Waals surface area contributed by atoms with Gasteiger partial charge in [0.25, 0.3) is 0 Å². The van der Waals surface area contributed by atoms with Crippen molar-refractivity contribution in [3.63, 3.8) is 0 Å². The molecule has 0 spiro atoms. The predicted octanol–water partition coefficient (Wildman–Crippen LogP) is 4.05. The normalized spacial score (nSPS) is 8.31. The zero-order valence-electron chi connectivity index (χ0n) is 10.4. The quantitative estimate of drug-likeness (QED) is 0.407. The Kier molecular flexibility index (Phi) is 33.0. The van der Waals surface area contributed by atoms with Crippen molar-refractivity contribution in [2.24, 2.45) is 17.8 Å². The van der Waals surface area contributed by atoms with Crippen LogP contribution in [0, 0.1) is 38.5 Å². The Morgan fingerprint density at radius 1 is 0.538 bits per heavy atom. The Hall–Kier alpha value is 0.532. The van der Waals surface area contributed by atoms with Crippen molar-refractivity contribution in [2.75, 3.05) is 0 Å². The third-order valence-corrected chi connectivity index (χ3v) is 0. The first-order valence-electron chi connectivity index (χ1n) is 4.69. The number of hydrogen-bond donors (Lipinski definition) is 0. The SMILES string of the molecule is [Al+3].[CH2-]C(C)C.[CH2-]C(C)C.[CH2-]C(C)C. The maximum Gasteiger partial charge on any atom is 3.00 e. The second-order valence-electron chi connectivity index (χ2n) is 4.18. The van der Waals surface area contributed by atoms with Crippen LogP contribution in [-0.4, -0.2) is 17.4 Å². The van der Waals surface area contributed by atoms with Crippen LogP contribution in [-0.2, 0) is 0 Å². The summed E-state index contributed by atoms with van der Waals surface area (Å²) >= 11 is 0. The van der Waals surface area contributed by atoms with Gasteiger partial charge in [0.05, 0.1) is 0 Å². The van der Waals surface area contributed by atoms with Gasteiger partial charge in [0.15, 0.2) is 0 Å². The Bertz CT molecular complexity index is 33.6. The maximum absolute atomic E-state index is 3.64. The van der Waals surface area contributed by atoms with E-state index in [0.29, 0.717) is 17.8 Å². The minimum atomic E-state index is 0. The Balaban J connectivity index is -0.0000000450. The molecule has 0 unspecified atom stereocenters. The second-order valence-corrected chi connectivity index (χ2v) is 4.18. The summed E-state index contributed by atoms with van der Waals surface area (Å²) in [7, 11) is 0. The molecule has 0 amide bonds. The van der Waals surface area contributed by atoms with Crippen molar-refractivity contribution in [1.82, 2.24) is 0 Å². The van der Waals surface area contributed by atoms with Gasteiger partial charge in [0, 0.05) is 0 Å². The minimum Gasteiger partial charge on any atom is -0.341 e. The molecule has 0 saturated heterocycles. The van der Waals surface area contributed by atoms with Gasteiger partial charge in [0.2, 0.25) is 0 Å². The second kappa shape index (κ2) is 18.3. The maximum atomic E-state index is 3.64. The summed E-state index contributed by atoms with van der Waals surface area (Å²) in [4.78, 5) is 0. The largest absolute Gasteiger partial charge is 3.00 e. The van der Waals surface area contributed by atoms with E-state index in [-0.39, 0.29) is 17.4 Å². The van der Waals surface area contributed by atoms with Crippen LogP contribution < -0.4 is 0 Å². The average Bonchev–Trinajstić information content (AvgIpc) is 1.54. The molecule has 1 heteroatoms. The molecule has 0 aliphatic rings. The Morgan fingerprint density at radius 3 is 0.538 bits per heavy atom. The summed E-state index contributed by atoms with van der Waals surface area (Å²) < 4.78 is 0. The van der Waals surface area contributed by atoms with E-state index in [1.165, 1.54) is 0 Å². The topological polar surface area (TPSA) is 0 Å². The number of hydrogen-bond acceptors (Lipinski definition) is 0. The fourth-order valence-corrected chi connectivity index (χ4v) is 0. The van der Waals surface area contributed by atoms with Gasteiger partial charge in [-0.1, -0.05) is 41.5 Å². The molecule has 0 radical (unpaired) electrons. The summed E-state index contributed by atoms with van der Waals surface area (Å²) in [6.45, 7) is 23.2. The summed E-state index contributed by atoms with van der Waals surface area (Å²) in [5.41, 5.74) is 0. The van der Waals surface area contributed by atoms with Crippen LogP contribution >= 0.6 is 0 Å². The van der Waals surface area contributed by atoms with Gasteiger partial charge in [-0.15, -0.1) is 0 Å². The van der Waals surface area contributed by atoms with Crippen molar-refractivity contribution in [1.29, 1.82) is 0 Å². The van der Waals surface area contributed by atoms with E-state index in [2.05, 4.69) is 62.3 Å². The molecule has 0 aliphatic carbocycles. The molecule has 0 rings (SSSR count). The van der Waals surface area contributed by atoms with E-state index in [1.807, 2.05) is 0 Å². The molecule has 0 fully saturated rings. The van der Waals surface area contributed by atoms with Crippen LogP contribution in [0.4, 0.5) is 0 Å². The van der Waals surface area contributed by atoms with Crippen molar-refractivity contribution < 1.29 is 0 Å². The van der Waals surface area contributed by atoms with E-state index in [4.69, 9.17) is 0 Å². The molecule has 0 aromatic rings. The summed E-state index contributed by atoms with van der Waals surface area (Å²) in [6, 6.07) is 0. The molecule has 0 nitrogen and oxygen atoms in total. The Labute approximate surface area is 97.6 Å². The molecule has 0 aromatic heterocycles. The average molecular weight is 198 g/mol. The van der Waals surface area contributed by atoms with Crippen molar-refractivity contribution >= 4 is 17.4 Å². The fraction of sp³-hybridized carbons (Fsp3) is 0.750. The molecular formula is C12H27Al. The van der Waals surface area contributed by atoms with Crippen molar-refractivity contribution in [3.8, 4) is 0 Å². The van der Waals surface area contributed by atoms with Crippen molar-refractivity contribution in [3.05, 3.63) is 20.8 Å². The first-order valence-corrected chi connectivity index (χ1v) is 4.69. The summed E-state index contributed by atoms with van der Waals surface area (Å²) in [5, 5.41) is 0. The van der Waals surface area contributed by atoms with Crippen LogP contribution in [0.2, 0.25) is 0 Å². The Morgan fingerprint density at radius 2 is 0.538 bits per heavy atom. The van der Waals surface area contributed by atoms with Gasteiger partial charge >= 0.3 is 17.4 Å². The first kappa shape index (κ1) is 23.4. The van der Waals surface area contributed by atoms with Gasteiger partial charge in [-0.2, -0.15) is 17.8 Å². The summed E-state index contributed by atoms with van der Waals surface area (Å²) in [6.07, 6.45) is 0. The van der Waals surface area contributed by atoms with E-state index in [0.717, 1.165) is 0 Å². The van der Waals surface area contributed by atoms with E-state index >= 15 is 0 Å². The van der Waals surface area contributed by atoms with Gasteiger partial charge in [-0.25, -0.2) is 0 Å². The first-order chi connectivity index (χ1) is 5.20. The van der Waals surface area contributed by atoms with Gasteiger partial charge in [-0.05, 0) is 0 Å². The van der Waals surface area contributed by atoms with E-state index in [1.54, 1.807) is 0 Å². The molecule has 0 heterocycles. The third-order valence-electron chi connectivity index (χ3n) is 0. The number of rotatable bonds is 0. The van der Waals surface area contributed by atoms with Gasteiger partial charge in [-0.3, -0.25) is 0 Å². The zero-order chi connectivity index (χ0) is 10.7. The summed E-state index contributed by atoms with van der Waals surface area (Å²) in [5.74, 6) is 1.75. The predicted molar refractivity (Wildman–Crippen MR) is 66.3 cm³/mol. The van der Waals surface area contributed by atoms with Crippen LogP contribution in [0.25, 0.3) is 0 Å². The molecule has 13 heavy (non-hydrogen) atoms. The molecule has 0 bridgehead atoms. The third kappa shape index (κ3) is 4900. The zero-order valence-corrected chi connectivity index (χ0v) is 11.6. The molecule has 0 aromatic carbocycles. The molecule has 0 saturated carbocycles. The van der Waals surface area contributed by atoms with Gasteiger partial charge in [0.1, 0.15) is 0 Å². The molecule has 0 aliphatic heterocycles. The molecule has 0 N–H and O–H groups in total.